The smallest absolute Gasteiger partial charge is 0.338 e. The summed E-state index contributed by atoms with van der Waals surface area (Å²) in [5.41, 5.74) is 0.311. The molecule has 0 amide bonds. The minimum atomic E-state index is -4.24. The molecule has 0 aliphatic carbocycles. The van der Waals surface area contributed by atoms with E-state index in [9.17, 15) is 27.6 Å². The third-order valence-corrected chi connectivity index (χ3v) is 5.61. The molecule has 0 saturated carbocycles. The number of hydrogen-bond acceptors (Lipinski definition) is 10. The molecule has 38 heavy (non-hydrogen) atoms. The lowest BCUT2D eigenvalue weighted by atomic mass is 10.1. The van der Waals surface area contributed by atoms with Crippen molar-refractivity contribution in [1.82, 2.24) is 0 Å². The van der Waals surface area contributed by atoms with Crippen LogP contribution >= 0.6 is 0 Å². The monoisotopic (exact) mass is 540 g/mol. The van der Waals surface area contributed by atoms with Crippen molar-refractivity contribution in [2.45, 2.75) is 18.3 Å². The van der Waals surface area contributed by atoms with Crippen LogP contribution in [0.1, 0.15) is 31.1 Å². The fourth-order valence-corrected chi connectivity index (χ4v) is 3.89. The van der Waals surface area contributed by atoms with Crippen LogP contribution in [0.15, 0.2) is 91.0 Å². The number of benzene rings is 3. The fourth-order valence-electron chi connectivity index (χ4n) is 3.28. The van der Waals surface area contributed by atoms with Crippen molar-refractivity contribution in [2.75, 3.05) is 12.9 Å². The Balaban J connectivity index is 1.93. The zero-order chi connectivity index (χ0) is 27.5. The summed E-state index contributed by atoms with van der Waals surface area (Å²) in [6, 6.07) is 23.1. The summed E-state index contributed by atoms with van der Waals surface area (Å²) in [5, 5.41) is 0. The van der Waals surface area contributed by atoms with E-state index in [1.54, 1.807) is 54.6 Å². The summed E-state index contributed by atoms with van der Waals surface area (Å²) in [5.74, 6) is -2.73. The van der Waals surface area contributed by atoms with Gasteiger partial charge in [0.1, 0.15) is 6.61 Å². The fraction of sp³-hybridized carbons (Fsp3) is 0.185. The minimum Gasteiger partial charge on any atom is -0.459 e. The number of hydrogen-bond donors (Lipinski definition) is 0. The van der Waals surface area contributed by atoms with Crippen molar-refractivity contribution in [2.24, 2.45) is 0 Å². The van der Waals surface area contributed by atoms with Crippen molar-refractivity contribution >= 4 is 34.3 Å². The summed E-state index contributed by atoms with van der Waals surface area (Å²) >= 11 is 0. The molecule has 3 rings (SSSR count). The summed E-state index contributed by atoms with van der Waals surface area (Å²) < 4.78 is 45.1. The van der Waals surface area contributed by atoms with Gasteiger partial charge in [0.2, 0.25) is 0 Å². The number of rotatable bonds is 12. The normalized spacial score (nSPS) is 13.4. The van der Waals surface area contributed by atoms with Crippen LogP contribution in [0, 0.1) is 0 Å². The van der Waals surface area contributed by atoms with Crippen LogP contribution in [0.3, 0.4) is 0 Å². The summed E-state index contributed by atoms with van der Waals surface area (Å²) in [6.45, 7) is -0.763. The Hall–Kier alpha value is -4.35. The second-order valence-corrected chi connectivity index (χ2v) is 9.51. The molecule has 198 valence electrons. The predicted octanol–water partition coefficient (Wildman–Crippen LogP) is 2.84. The molecule has 0 spiro atoms. The molecule has 0 aromatic heterocycles. The Morgan fingerprint density at radius 2 is 1.13 bits per heavy atom. The van der Waals surface area contributed by atoms with Gasteiger partial charge < -0.3 is 14.2 Å². The quantitative estimate of drug-likeness (QED) is 0.146. The minimum absolute atomic E-state index is 0.0657. The highest BCUT2D eigenvalue weighted by Crippen LogP contribution is 2.19. The number of carbonyl (C=O) groups is 4. The summed E-state index contributed by atoms with van der Waals surface area (Å²) in [7, 11) is -4.24. The molecule has 11 heteroatoms. The van der Waals surface area contributed by atoms with E-state index >= 15 is 0 Å². The van der Waals surface area contributed by atoms with Gasteiger partial charge in [0.15, 0.2) is 24.6 Å². The Kier molecular flexibility index (Phi) is 9.85. The zero-order valence-electron chi connectivity index (χ0n) is 20.2. The Morgan fingerprint density at radius 1 is 0.711 bits per heavy atom. The zero-order valence-corrected chi connectivity index (χ0v) is 21.0. The van der Waals surface area contributed by atoms with Gasteiger partial charge in [0.05, 0.1) is 22.9 Å². The van der Waals surface area contributed by atoms with Crippen molar-refractivity contribution in [1.29, 1.82) is 0 Å². The number of carbonyl (C=O) groups excluding carboxylic acids is 4. The molecule has 3 aromatic rings. The van der Waals surface area contributed by atoms with Gasteiger partial charge in [0, 0.05) is 0 Å². The van der Waals surface area contributed by atoms with Crippen LogP contribution in [0.5, 0.6) is 0 Å². The molecule has 0 aliphatic heterocycles. The van der Waals surface area contributed by atoms with Crippen LogP contribution in [0.4, 0.5) is 0 Å². The number of ether oxygens (including phenoxy) is 3. The molecule has 3 aromatic carbocycles. The van der Waals surface area contributed by atoms with E-state index in [-0.39, 0.29) is 23.0 Å². The van der Waals surface area contributed by atoms with Crippen LogP contribution in [0.2, 0.25) is 0 Å². The van der Waals surface area contributed by atoms with Gasteiger partial charge >= 0.3 is 17.9 Å². The van der Waals surface area contributed by atoms with Gasteiger partial charge in [-0.3, -0.25) is 8.98 Å². The van der Waals surface area contributed by atoms with Crippen LogP contribution in [-0.4, -0.2) is 63.8 Å². The first-order chi connectivity index (χ1) is 18.2. The van der Waals surface area contributed by atoms with E-state index in [4.69, 9.17) is 18.4 Å². The largest absolute Gasteiger partial charge is 0.459 e. The van der Waals surface area contributed by atoms with E-state index in [1.165, 1.54) is 36.4 Å². The standard InChI is InChI=1S/C27H24O10S/c1-38(32,33)37-23(18-34-25(29)19-11-5-2-6-12-19)24(36-27(31)21-15-9-4-10-16-21)22(17-28)35-26(30)20-13-7-3-8-14-20/h2-17,22-24H,18H2,1H3/t22-,23+,24+/m0/s1. The number of esters is 3. The Labute approximate surface area is 219 Å². The molecule has 0 heterocycles. The molecule has 0 radical (unpaired) electrons. The van der Waals surface area contributed by atoms with Gasteiger partial charge in [-0.25, -0.2) is 14.4 Å². The third kappa shape index (κ3) is 8.36. The molecular formula is C27H24O10S. The second kappa shape index (κ2) is 13.3. The van der Waals surface area contributed by atoms with Crippen molar-refractivity contribution in [3.63, 3.8) is 0 Å². The molecular weight excluding hydrogens is 516 g/mol. The SMILES string of the molecule is CS(=O)(=O)O[C@H](COC(=O)c1ccccc1)[C@H](OC(=O)c1ccccc1)[C@H](C=O)OC(=O)c1ccccc1. The van der Waals surface area contributed by atoms with Gasteiger partial charge in [-0.05, 0) is 36.4 Å². The lowest BCUT2D eigenvalue weighted by Crippen LogP contribution is -2.48. The van der Waals surface area contributed by atoms with Crippen LogP contribution in [0.25, 0.3) is 0 Å². The third-order valence-electron chi connectivity index (χ3n) is 5.02. The highest BCUT2D eigenvalue weighted by molar-refractivity contribution is 7.86. The lowest BCUT2D eigenvalue weighted by Gasteiger charge is -2.29. The molecule has 0 saturated heterocycles. The Morgan fingerprint density at radius 3 is 1.55 bits per heavy atom. The highest BCUT2D eigenvalue weighted by atomic mass is 32.2. The van der Waals surface area contributed by atoms with E-state index < -0.39 is 52.9 Å². The van der Waals surface area contributed by atoms with E-state index in [0.717, 1.165) is 6.26 Å². The predicted molar refractivity (Wildman–Crippen MR) is 134 cm³/mol. The number of aldehydes is 1. The topological polar surface area (TPSA) is 139 Å². The molecule has 0 bridgehead atoms. The van der Waals surface area contributed by atoms with E-state index in [0.29, 0.717) is 0 Å². The molecule has 0 fully saturated rings. The molecule has 0 unspecified atom stereocenters. The lowest BCUT2D eigenvalue weighted by molar-refractivity contribution is -0.128. The molecule has 10 nitrogen and oxygen atoms in total. The van der Waals surface area contributed by atoms with Gasteiger partial charge in [0.25, 0.3) is 10.1 Å². The summed E-state index contributed by atoms with van der Waals surface area (Å²) in [4.78, 5) is 50.1. The van der Waals surface area contributed by atoms with E-state index in [2.05, 4.69) is 0 Å². The molecule has 0 N–H and O–H groups in total. The maximum absolute atomic E-state index is 12.9. The summed E-state index contributed by atoms with van der Waals surface area (Å²) in [6.07, 6.45) is -4.49. The molecule has 0 aliphatic rings. The highest BCUT2D eigenvalue weighted by Gasteiger charge is 2.40. The average molecular weight is 541 g/mol. The maximum atomic E-state index is 12.9. The Bertz CT molecular complexity index is 1340. The van der Waals surface area contributed by atoms with E-state index in [1.807, 2.05) is 0 Å². The molecule has 3 atom stereocenters. The maximum Gasteiger partial charge on any atom is 0.338 e. The van der Waals surface area contributed by atoms with Crippen LogP contribution in [-0.2, 0) is 33.3 Å². The van der Waals surface area contributed by atoms with Crippen molar-refractivity contribution in [3.8, 4) is 0 Å². The van der Waals surface area contributed by atoms with Crippen molar-refractivity contribution < 1.29 is 46.0 Å². The first-order valence-electron chi connectivity index (χ1n) is 11.3. The second-order valence-electron chi connectivity index (χ2n) is 7.91. The first-order valence-corrected chi connectivity index (χ1v) is 13.1. The van der Waals surface area contributed by atoms with Gasteiger partial charge in [-0.1, -0.05) is 54.6 Å². The van der Waals surface area contributed by atoms with Crippen LogP contribution < -0.4 is 0 Å². The van der Waals surface area contributed by atoms with Gasteiger partial charge in [-0.15, -0.1) is 0 Å². The van der Waals surface area contributed by atoms with Crippen molar-refractivity contribution in [3.05, 3.63) is 108 Å². The van der Waals surface area contributed by atoms with Gasteiger partial charge in [-0.2, -0.15) is 8.42 Å². The average Bonchev–Trinajstić information content (AvgIpc) is 2.93. The first kappa shape index (κ1) is 28.2.